The predicted molar refractivity (Wildman–Crippen MR) is 68.8 cm³/mol. The molecule has 0 saturated carbocycles. The molecule has 0 aliphatic rings. The first-order chi connectivity index (χ1) is 6.38. The van der Waals surface area contributed by atoms with Gasteiger partial charge in [-0.2, -0.15) is 0 Å². The Labute approximate surface area is 96.0 Å². The molecule has 0 rings (SSSR count). The molecule has 15 heavy (non-hydrogen) atoms. The normalized spacial score (nSPS) is 16.6. The van der Waals surface area contributed by atoms with Crippen molar-refractivity contribution in [2.75, 3.05) is 6.61 Å². The molecule has 0 aromatic rings. The van der Waals surface area contributed by atoms with Crippen molar-refractivity contribution in [3.05, 3.63) is 0 Å². The van der Waals surface area contributed by atoms with E-state index in [0.717, 1.165) is 0 Å². The molecule has 0 fully saturated rings. The van der Waals surface area contributed by atoms with E-state index in [-0.39, 0.29) is 11.1 Å². The lowest BCUT2D eigenvalue weighted by atomic mass is 9.94. The molecule has 0 spiro atoms. The first-order valence-corrected chi connectivity index (χ1v) is 9.24. The van der Waals surface area contributed by atoms with Crippen LogP contribution in [0.5, 0.6) is 0 Å². The molecule has 2 nitrogen and oxygen atoms in total. The average molecular weight is 232 g/mol. The van der Waals surface area contributed by atoms with Gasteiger partial charge in [0.15, 0.2) is 0 Å². The van der Waals surface area contributed by atoms with Gasteiger partial charge in [-0.25, -0.2) is 0 Å². The zero-order chi connectivity index (χ0) is 12.5. The summed E-state index contributed by atoms with van der Waals surface area (Å²) in [6, 6.07) is 0. The quantitative estimate of drug-likeness (QED) is 0.738. The number of rotatable bonds is 5. The monoisotopic (exact) mass is 232 g/mol. The third-order valence-electron chi connectivity index (χ3n) is 3.71. The van der Waals surface area contributed by atoms with Crippen molar-refractivity contribution >= 4 is 8.07 Å². The van der Waals surface area contributed by atoms with Gasteiger partial charge in [-0.05, 0) is 27.7 Å². The van der Waals surface area contributed by atoms with Gasteiger partial charge in [0.05, 0.1) is 25.5 Å². The second-order valence-corrected chi connectivity index (χ2v) is 12.3. The highest BCUT2D eigenvalue weighted by Gasteiger charge is 2.36. The lowest BCUT2D eigenvalue weighted by Gasteiger charge is -2.39. The van der Waals surface area contributed by atoms with Crippen molar-refractivity contribution in [1.82, 2.24) is 0 Å². The average Bonchev–Trinajstić information content (AvgIpc) is 1.96. The number of hydrogen-bond donors (Lipinski definition) is 1. The molecule has 0 aromatic heterocycles. The van der Waals surface area contributed by atoms with Crippen LogP contribution < -0.4 is 0 Å². The number of hydrogen-bond acceptors (Lipinski definition) is 2. The summed E-state index contributed by atoms with van der Waals surface area (Å²) in [6.07, 6.45) is 0. The zero-order valence-corrected chi connectivity index (χ0v) is 12.6. The van der Waals surface area contributed by atoms with Crippen LogP contribution in [0.1, 0.15) is 34.6 Å². The maximum Gasteiger partial charge on any atom is 0.0817 e. The first-order valence-electron chi connectivity index (χ1n) is 5.74. The summed E-state index contributed by atoms with van der Waals surface area (Å²) in [7, 11) is -1.31. The highest BCUT2D eigenvalue weighted by molar-refractivity contribution is 6.78. The Bertz CT molecular complexity index is 199. The molecule has 1 unspecified atom stereocenters. The van der Waals surface area contributed by atoms with E-state index in [1.165, 1.54) is 0 Å². The van der Waals surface area contributed by atoms with Gasteiger partial charge >= 0.3 is 0 Å². The smallest absolute Gasteiger partial charge is 0.0817 e. The Hall–Kier alpha value is 0.137. The minimum Gasteiger partial charge on any atom is -0.390 e. The van der Waals surface area contributed by atoms with E-state index in [2.05, 4.69) is 33.5 Å². The SMILES string of the molecule is CC(COC(C)(C)[Si](C)(C)C)C(C)(C)O. The summed E-state index contributed by atoms with van der Waals surface area (Å²) < 4.78 is 5.98. The summed E-state index contributed by atoms with van der Waals surface area (Å²) >= 11 is 0. The van der Waals surface area contributed by atoms with Crippen molar-refractivity contribution < 1.29 is 9.84 Å². The minimum atomic E-state index is -1.31. The molecule has 0 aliphatic heterocycles. The second kappa shape index (κ2) is 4.56. The van der Waals surface area contributed by atoms with Crippen molar-refractivity contribution in [2.24, 2.45) is 5.92 Å². The fourth-order valence-electron chi connectivity index (χ4n) is 0.754. The van der Waals surface area contributed by atoms with E-state index < -0.39 is 13.7 Å². The zero-order valence-electron chi connectivity index (χ0n) is 11.6. The number of ether oxygens (including phenoxy) is 1. The third kappa shape index (κ3) is 4.66. The van der Waals surface area contributed by atoms with Crippen LogP contribution in [0.15, 0.2) is 0 Å². The Kier molecular flexibility index (Phi) is 4.60. The van der Waals surface area contributed by atoms with Crippen LogP contribution in [0, 0.1) is 5.92 Å². The van der Waals surface area contributed by atoms with Crippen LogP contribution in [0.3, 0.4) is 0 Å². The van der Waals surface area contributed by atoms with E-state index in [1.807, 2.05) is 20.8 Å². The Balaban J connectivity index is 4.29. The Morgan fingerprint density at radius 2 is 1.53 bits per heavy atom. The fourth-order valence-corrected chi connectivity index (χ4v) is 1.27. The van der Waals surface area contributed by atoms with Gasteiger partial charge in [-0.15, -0.1) is 0 Å². The largest absolute Gasteiger partial charge is 0.390 e. The van der Waals surface area contributed by atoms with Gasteiger partial charge in [0.2, 0.25) is 0 Å². The van der Waals surface area contributed by atoms with Gasteiger partial charge in [-0.1, -0.05) is 26.6 Å². The van der Waals surface area contributed by atoms with Gasteiger partial charge < -0.3 is 9.84 Å². The number of aliphatic hydroxyl groups is 1. The summed E-state index contributed by atoms with van der Waals surface area (Å²) in [4.78, 5) is 0. The molecule has 0 radical (unpaired) electrons. The molecular weight excluding hydrogens is 204 g/mol. The molecule has 0 aromatic carbocycles. The lowest BCUT2D eigenvalue weighted by Crippen LogP contribution is -2.50. The Morgan fingerprint density at radius 3 is 1.80 bits per heavy atom. The molecule has 0 aliphatic carbocycles. The topological polar surface area (TPSA) is 29.5 Å². The fraction of sp³-hybridized carbons (Fsp3) is 1.00. The van der Waals surface area contributed by atoms with Crippen LogP contribution in [-0.4, -0.2) is 30.6 Å². The second-order valence-electron chi connectivity index (χ2n) is 6.63. The predicted octanol–water partition coefficient (Wildman–Crippen LogP) is 3.07. The van der Waals surface area contributed by atoms with Crippen LogP contribution >= 0.6 is 0 Å². The molecule has 0 saturated heterocycles. The summed E-state index contributed by atoms with van der Waals surface area (Å²) in [5.74, 6) is 0.160. The summed E-state index contributed by atoms with van der Waals surface area (Å²) in [6.45, 7) is 17.6. The highest BCUT2D eigenvalue weighted by atomic mass is 28.3. The van der Waals surface area contributed by atoms with Gasteiger partial charge in [0.25, 0.3) is 0 Å². The standard InChI is InChI=1S/C12H28O2Si/c1-10(11(2,3)13)9-14-12(4,5)15(6,7)8/h10,13H,9H2,1-8H3. The molecule has 92 valence electrons. The van der Waals surface area contributed by atoms with Gasteiger partial charge in [-0.3, -0.25) is 0 Å². The van der Waals surface area contributed by atoms with Crippen LogP contribution in [0.25, 0.3) is 0 Å². The molecule has 0 amide bonds. The summed E-state index contributed by atoms with van der Waals surface area (Å²) in [5.41, 5.74) is -0.657. The maximum absolute atomic E-state index is 9.82. The molecule has 1 N–H and O–H groups in total. The van der Waals surface area contributed by atoms with Crippen LogP contribution in [0.2, 0.25) is 19.6 Å². The van der Waals surface area contributed by atoms with E-state index in [9.17, 15) is 5.11 Å². The van der Waals surface area contributed by atoms with Crippen LogP contribution in [-0.2, 0) is 4.74 Å². The van der Waals surface area contributed by atoms with Crippen molar-refractivity contribution in [3.8, 4) is 0 Å². The minimum absolute atomic E-state index is 0.0352. The molecular formula is C12H28O2Si. The molecule has 0 heterocycles. The first kappa shape index (κ1) is 15.1. The van der Waals surface area contributed by atoms with Gasteiger partial charge in [0.1, 0.15) is 0 Å². The van der Waals surface area contributed by atoms with Crippen molar-refractivity contribution in [3.63, 3.8) is 0 Å². The van der Waals surface area contributed by atoms with Crippen LogP contribution in [0.4, 0.5) is 0 Å². The van der Waals surface area contributed by atoms with E-state index >= 15 is 0 Å². The third-order valence-corrected chi connectivity index (χ3v) is 7.46. The van der Waals surface area contributed by atoms with Crippen molar-refractivity contribution in [1.29, 1.82) is 0 Å². The van der Waals surface area contributed by atoms with Gasteiger partial charge in [0, 0.05) is 5.92 Å². The van der Waals surface area contributed by atoms with E-state index in [0.29, 0.717) is 6.61 Å². The maximum atomic E-state index is 9.82. The molecule has 0 bridgehead atoms. The summed E-state index contributed by atoms with van der Waals surface area (Å²) in [5, 5.41) is 9.78. The highest BCUT2D eigenvalue weighted by Crippen LogP contribution is 2.26. The molecule has 3 heteroatoms. The Morgan fingerprint density at radius 1 is 1.13 bits per heavy atom. The molecule has 1 atom stereocenters. The van der Waals surface area contributed by atoms with Crippen molar-refractivity contribution in [2.45, 2.75) is 65.1 Å². The lowest BCUT2D eigenvalue weighted by molar-refractivity contribution is -0.0508. The van der Waals surface area contributed by atoms with E-state index in [1.54, 1.807) is 0 Å². The van der Waals surface area contributed by atoms with E-state index in [4.69, 9.17) is 4.74 Å².